The Morgan fingerprint density at radius 2 is 2.15 bits per heavy atom. The number of nitrogens with one attached hydrogen (secondary N) is 2. The fourth-order valence-corrected chi connectivity index (χ4v) is 2.36. The number of anilines is 2. The van der Waals surface area contributed by atoms with Crippen molar-refractivity contribution in [3.05, 3.63) is 28.5 Å². The molecule has 2 N–H and O–H groups in total. The molecule has 2 aromatic rings. The molecule has 0 radical (unpaired) electrons. The highest BCUT2D eigenvalue weighted by Gasteiger charge is 2.14. The largest absolute Gasteiger partial charge is 0.385 e. The van der Waals surface area contributed by atoms with Gasteiger partial charge in [-0.05, 0) is 26.3 Å². The molecule has 0 saturated carbocycles. The predicted octanol–water partition coefficient (Wildman–Crippen LogP) is 2.49. The maximum Gasteiger partial charge on any atom is 0.261 e. The molecule has 20 heavy (non-hydrogen) atoms. The van der Waals surface area contributed by atoms with E-state index in [1.54, 1.807) is 6.20 Å². The summed E-state index contributed by atoms with van der Waals surface area (Å²) in [5.41, 5.74) is 2.14. The van der Waals surface area contributed by atoms with Gasteiger partial charge in [-0.2, -0.15) is 0 Å². The number of pyridine rings is 1. The predicted molar refractivity (Wildman–Crippen MR) is 80.4 cm³/mol. The normalized spacial score (nSPS) is 10.3. The van der Waals surface area contributed by atoms with E-state index in [1.807, 2.05) is 26.8 Å². The van der Waals surface area contributed by atoms with Crippen LogP contribution < -0.4 is 10.6 Å². The van der Waals surface area contributed by atoms with E-state index in [-0.39, 0.29) is 5.91 Å². The first-order valence-corrected chi connectivity index (χ1v) is 7.30. The second-order valence-corrected chi connectivity index (χ2v) is 5.27. The van der Waals surface area contributed by atoms with Crippen LogP contribution in [0, 0.1) is 6.92 Å². The van der Waals surface area contributed by atoms with Gasteiger partial charge in [-0.1, -0.05) is 18.3 Å². The van der Waals surface area contributed by atoms with E-state index in [0.717, 1.165) is 29.4 Å². The minimum Gasteiger partial charge on any atom is -0.385 e. The zero-order valence-corrected chi connectivity index (χ0v) is 12.5. The van der Waals surface area contributed by atoms with Gasteiger partial charge < -0.3 is 5.32 Å². The zero-order valence-electron chi connectivity index (χ0n) is 11.7. The number of aryl methyl sites for hydroxylation is 2. The molecule has 106 valence electrons. The van der Waals surface area contributed by atoms with E-state index in [1.165, 1.54) is 11.3 Å². The Balaban J connectivity index is 2.19. The number of amides is 1. The first-order valence-electron chi connectivity index (χ1n) is 6.48. The second kappa shape index (κ2) is 6.42. The van der Waals surface area contributed by atoms with Gasteiger partial charge in [-0.25, -0.2) is 0 Å². The minimum absolute atomic E-state index is 0.229. The molecule has 0 bridgehead atoms. The smallest absolute Gasteiger partial charge is 0.261 e. The van der Waals surface area contributed by atoms with Crippen LogP contribution in [0.5, 0.6) is 0 Å². The second-order valence-electron chi connectivity index (χ2n) is 4.21. The highest BCUT2D eigenvalue weighted by molar-refractivity contribution is 7.15. The van der Waals surface area contributed by atoms with Gasteiger partial charge in [-0.15, -0.1) is 10.2 Å². The molecule has 0 aromatic carbocycles. The average Bonchev–Trinajstić information content (AvgIpc) is 2.87. The highest BCUT2D eigenvalue weighted by atomic mass is 32.1. The molecule has 1 amide bonds. The number of hydrogen-bond acceptors (Lipinski definition) is 6. The number of aromatic nitrogens is 3. The number of rotatable bonds is 5. The summed E-state index contributed by atoms with van der Waals surface area (Å²) in [6.45, 7) is 6.61. The molecule has 0 aliphatic heterocycles. The van der Waals surface area contributed by atoms with Crippen molar-refractivity contribution >= 4 is 28.1 Å². The SMILES string of the molecule is CCNc1cc(C)ncc1C(=O)Nc1nnc(CC)s1. The van der Waals surface area contributed by atoms with Gasteiger partial charge in [0.15, 0.2) is 0 Å². The maximum absolute atomic E-state index is 12.3. The molecule has 7 heteroatoms. The van der Waals surface area contributed by atoms with Crippen molar-refractivity contribution in [2.75, 3.05) is 17.2 Å². The van der Waals surface area contributed by atoms with E-state index >= 15 is 0 Å². The third-order valence-corrected chi connectivity index (χ3v) is 3.63. The van der Waals surface area contributed by atoms with Gasteiger partial charge in [0.25, 0.3) is 5.91 Å². The third-order valence-electron chi connectivity index (χ3n) is 2.64. The van der Waals surface area contributed by atoms with Gasteiger partial charge in [-0.3, -0.25) is 15.1 Å². The van der Waals surface area contributed by atoms with Crippen LogP contribution in [-0.2, 0) is 6.42 Å². The summed E-state index contributed by atoms with van der Waals surface area (Å²) >= 11 is 1.38. The van der Waals surface area contributed by atoms with Crippen LogP contribution in [0.2, 0.25) is 0 Å². The van der Waals surface area contributed by atoms with Crippen molar-refractivity contribution in [2.24, 2.45) is 0 Å². The molecule has 2 rings (SSSR count). The molecule has 0 aliphatic rings. The first-order chi connectivity index (χ1) is 9.63. The summed E-state index contributed by atoms with van der Waals surface area (Å²) in [7, 11) is 0. The van der Waals surface area contributed by atoms with Crippen molar-refractivity contribution in [1.82, 2.24) is 15.2 Å². The molecule has 0 unspecified atom stereocenters. The van der Waals surface area contributed by atoms with Crippen LogP contribution in [0.3, 0.4) is 0 Å². The summed E-state index contributed by atoms with van der Waals surface area (Å²) in [5, 5.41) is 15.2. The fraction of sp³-hybridized carbons (Fsp3) is 0.385. The van der Waals surface area contributed by atoms with Gasteiger partial charge >= 0.3 is 0 Å². The standard InChI is InChI=1S/C13H17N5OS/c1-4-11-17-18-13(20-11)16-12(19)9-7-15-8(3)6-10(9)14-5-2/h6-7H,4-5H2,1-3H3,(H,14,15)(H,16,18,19). The topological polar surface area (TPSA) is 79.8 Å². The van der Waals surface area contributed by atoms with Crippen molar-refractivity contribution in [1.29, 1.82) is 0 Å². The van der Waals surface area contributed by atoms with Crippen molar-refractivity contribution in [3.8, 4) is 0 Å². The van der Waals surface area contributed by atoms with Crippen molar-refractivity contribution in [3.63, 3.8) is 0 Å². The lowest BCUT2D eigenvalue weighted by Crippen LogP contribution is -2.15. The zero-order chi connectivity index (χ0) is 14.5. The Labute approximate surface area is 121 Å². The number of carbonyl (C=O) groups is 1. The molecule has 0 spiro atoms. The molecular weight excluding hydrogens is 274 g/mol. The lowest BCUT2D eigenvalue weighted by atomic mass is 10.2. The summed E-state index contributed by atoms with van der Waals surface area (Å²) < 4.78 is 0. The molecule has 0 saturated heterocycles. The van der Waals surface area contributed by atoms with Crippen LogP contribution in [0.4, 0.5) is 10.8 Å². The van der Waals surface area contributed by atoms with Crippen molar-refractivity contribution in [2.45, 2.75) is 27.2 Å². The Morgan fingerprint density at radius 3 is 2.80 bits per heavy atom. The maximum atomic E-state index is 12.3. The molecule has 2 aromatic heterocycles. The lowest BCUT2D eigenvalue weighted by Gasteiger charge is -2.10. The van der Waals surface area contributed by atoms with Crippen LogP contribution in [-0.4, -0.2) is 27.6 Å². The molecule has 0 atom stereocenters. The summed E-state index contributed by atoms with van der Waals surface area (Å²) in [6.07, 6.45) is 2.38. The fourth-order valence-electron chi connectivity index (χ4n) is 1.69. The van der Waals surface area contributed by atoms with E-state index in [4.69, 9.17) is 0 Å². The average molecular weight is 291 g/mol. The van der Waals surface area contributed by atoms with Gasteiger partial charge in [0.1, 0.15) is 5.01 Å². The van der Waals surface area contributed by atoms with Crippen LogP contribution in [0.15, 0.2) is 12.3 Å². The van der Waals surface area contributed by atoms with E-state index in [0.29, 0.717) is 10.7 Å². The number of hydrogen-bond donors (Lipinski definition) is 2. The van der Waals surface area contributed by atoms with Crippen molar-refractivity contribution < 1.29 is 4.79 Å². The van der Waals surface area contributed by atoms with E-state index in [9.17, 15) is 4.79 Å². The molecule has 0 aliphatic carbocycles. The Hall–Kier alpha value is -2.02. The Morgan fingerprint density at radius 1 is 1.35 bits per heavy atom. The molecule has 2 heterocycles. The summed E-state index contributed by atoms with van der Waals surface area (Å²) in [4.78, 5) is 16.4. The van der Waals surface area contributed by atoms with Gasteiger partial charge in [0.05, 0.1) is 11.3 Å². The minimum atomic E-state index is -0.229. The Bertz CT molecular complexity index is 611. The monoisotopic (exact) mass is 291 g/mol. The lowest BCUT2D eigenvalue weighted by molar-refractivity contribution is 0.102. The molecule has 0 fully saturated rings. The summed E-state index contributed by atoms with van der Waals surface area (Å²) in [6, 6.07) is 1.86. The Kier molecular flexibility index (Phi) is 4.62. The van der Waals surface area contributed by atoms with E-state index < -0.39 is 0 Å². The number of nitrogens with zero attached hydrogens (tertiary/aromatic N) is 3. The summed E-state index contributed by atoms with van der Waals surface area (Å²) in [5.74, 6) is -0.229. The van der Waals surface area contributed by atoms with Gasteiger partial charge in [0.2, 0.25) is 5.13 Å². The highest BCUT2D eigenvalue weighted by Crippen LogP contribution is 2.20. The number of carbonyl (C=O) groups excluding carboxylic acids is 1. The molecular formula is C13H17N5OS. The van der Waals surface area contributed by atoms with E-state index in [2.05, 4.69) is 25.8 Å². The van der Waals surface area contributed by atoms with Crippen LogP contribution in [0.1, 0.15) is 34.9 Å². The van der Waals surface area contributed by atoms with Crippen LogP contribution >= 0.6 is 11.3 Å². The van der Waals surface area contributed by atoms with Crippen LogP contribution in [0.25, 0.3) is 0 Å². The first kappa shape index (κ1) is 14.4. The third kappa shape index (κ3) is 3.30. The quantitative estimate of drug-likeness (QED) is 0.884. The molecule has 6 nitrogen and oxygen atoms in total. The van der Waals surface area contributed by atoms with Gasteiger partial charge in [0, 0.05) is 18.4 Å².